The van der Waals surface area contributed by atoms with Crippen LogP contribution in [0.15, 0.2) is 18.2 Å². The van der Waals surface area contributed by atoms with Crippen LogP contribution >= 0.6 is 23.2 Å². The molecule has 0 bridgehead atoms. The maximum absolute atomic E-state index is 12.1. The van der Waals surface area contributed by atoms with Crippen molar-refractivity contribution in [2.75, 3.05) is 0 Å². The van der Waals surface area contributed by atoms with Gasteiger partial charge in [0.25, 0.3) is 5.91 Å². The summed E-state index contributed by atoms with van der Waals surface area (Å²) >= 11 is 11.8. The summed E-state index contributed by atoms with van der Waals surface area (Å²) in [5, 5.41) is 12.3. The van der Waals surface area contributed by atoms with Gasteiger partial charge in [-0.1, -0.05) is 37.0 Å². The third-order valence-electron chi connectivity index (χ3n) is 2.89. The van der Waals surface area contributed by atoms with Crippen LogP contribution in [0.5, 0.6) is 5.75 Å². The Labute approximate surface area is 139 Å². The highest BCUT2D eigenvalue weighted by Gasteiger charge is 2.25. The van der Waals surface area contributed by atoms with Crippen molar-refractivity contribution in [3.8, 4) is 5.75 Å². The summed E-state index contributed by atoms with van der Waals surface area (Å²) in [4.78, 5) is 23.2. The van der Waals surface area contributed by atoms with E-state index in [4.69, 9.17) is 33.0 Å². The predicted molar refractivity (Wildman–Crippen MR) is 85.6 cm³/mol. The number of carboxylic acids is 1. The number of carboxylic acid groups (broad SMARTS) is 1. The normalized spacial score (nSPS) is 13.5. The van der Waals surface area contributed by atoms with Crippen molar-refractivity contribution >= 4 is 35.1 Å². The second-order valence-electron chi connectivity index (χ2n) is 5.36. The van der Waals surface area contributed by atoms with E-state index >= 15 is 0 Å². The van der Waals surface area contributed by atoms with E-state index in [9.17, 15) is 9.59 Å². The van der Waals surface area contributed by atoms with Crippen molar-refractivity contribution in [2.24, 2.45) is 5.92 Å². The van der Waals surface area contributed by atoms with E-state index in [1.165, 1.54) is 13.0 Å². The number of hydrogen-bond acceptors (Lipinski definition) is 3. The molecule has 0 heterocycles. The molecule has 0 fully saturated rings. The van der Waals surface area contributed by atoms with E-state index in [1.807, 2.05) is 13.8 Å². The molecule has 122 valence electrons. The van der Waals surface area contributed by atoms with Gasteiger partial charge in [0.05, 0.1) is 5.02 Å². The van der Waals surface area contributed by atoms with Crippen LogP contribution in [0.25, 0.3) is 0 Å². The largest absolute Gasteiger partial charge is 0.480 e. The molecule has 1 rings (SSSR count). The predicted octanol–water partition coefficient (Wildman–Crippen LogP) is 3.38. The van der Waals surface area contributed by atoms with Crippen LogP contribution < -0.4 is 10.1 Å². The number of halogens is 2. The van der Waals surface area contributed by atoms with Crippen LogP contribution in [-0.2, 0) is 9.59 Å². The van der Waals surface area contributed by atoms with Gasteiger partial charge in [-0.2, -0.15) is 0 Å². The summed E-state index contributed by atoms with van der Waals surface area (Å²) in [7, 11) is 0. The molecule has 0 aliphatic carbocycles. The number of benzene rings is 1. The van der Waals surface area contributed by atoms with E-state index in [0.717, 1.165) is 0 Å². The number of hydrogen-bond donors (Lipinski definition) is 2. The lowest BCUT2D eigenvalue weighted by molar-refractivity contribution is -0.143. The summed E-state index contributed by atoms with van der Waals surface area (Å²) in [5.41, 5.74) is 0. The SMILES string of the molecule is CC(C)CC(NC(=O)C(C)Oc1ccc(Cl)cc1Cl)C(=O)O. The Morgan fingerprint density at radius 1 is 1.27 bits per heavy atom. The fourth-order valence-corrected chi connectivity index (χ4v) is 2.25. The van der Waals surface area contributed by atoms with E-state index < -0.39 is 24.0 Å². The molecule has 2 unspecified atom stereocenters. The maximum atomic E-state index is 12.1. The first-order valence-corrected chi connectivity index (χ1v) is 7.61. The lowest BCUT2D eigenvalue weighted by Gasteiger charge is -2.20. The standard InChI is InChI=1S/C15H19Cl2NO4/c1-8(2)6-12(15(20)21)18-14(19)9(3)22-13-5-4-10(16)7-11(13)17/h4-5,7-9,12H,6H2,1-3H3,(H,18,19)(H,20,21). The van der Waals surface area contributed by atoms with Crippen LogP contribution in [-0.4, -0.2) is 29.1 Å². The minimum Gasteiger partial charge on any atom is -0.480 e. The van der Waals surface area contributed by atoms with Crippen molar-refractivity contribution in [2.45, 2.75) is 39.3 Å². The third-order valence-corrected chi connectivity index (χ3v) is 3.42. The Morgan fingerprint density at radius 2 is 1.91 bits per heavy atom. The Kier molecular flexibility index (Phi) is 6.97. The topological polar surface area (TPSA) is 75.6 Å². The molecule has 1 aromatic rings. The van der Waals surface area contributed by atoms with E-state index in [-0.39, 0.29) is 10.9 Å². The van der Waals surface area contributed by atoms with Crippen LogP contribution in [0.1, 0.15) is 27.2 Å². The Hall–Kier alpha value is -1.46. The number of nitrogens with one attached hydrogen (secondary N) is 1. The van der Waals surface area contributed by atoms with Crippen LogP contribution in [0, 0.1) is 5.92 Å². The molecule has 2 N–H and O–H groups in total. The first kappa shape index (κ1) is 18.6. The molecule has 0 aliphatic heterocycles. The number of carbonyl (C=O) groups is 2. The molecular formula is C15H19Cl2NO4. The monoisotopic (exact) mass is 347 g/mol. The van der Waals surface area contributed by atoms with Crippen molar-refractivity contribution in [1.82, 2.24) is 5.32 Å². The molecule has 0 spiro atoms. The van der Waals surface area contributed by atoms with Gasteiger partial charge in [-0.3, -0.25) is 4.79 Å². The summed E-state index contributed by atoms with van der Waals surface area (Å²) in [6.45, 7) is 5.29. The zero-order chi connectivity index (χ0) is 16.9. The Balaban J connectivity index is 2.69. The lowest BCUT2D eigenvalue weighted by atomic mass is 10.0. The summed E-state index contributed by atoms with van der Waals surface area (Å²) in [6, 6.07) is 3.70. The second kappa shape index (κ2) is 8.25. The van der Waals surface area contributed by atoms with Gasteiger partial charge in [0.1, 0.15) is 11.8 Å². The first-order valence-electron chi connectivity index (χ1n) is 6.85. The van der Waals surface area contributed by atoms with Gasteiger partial charge in [0.2, 0.25) is 0 Å². The minimum atomic E-state index is -1.07. The zero-order valence-electron chi connectivity index (χ0n) is 12.6. The van der Waals surface area contributed by atoms with Crippen molar-refractivity contribution in [3.63, 3.8) is 0 Å². The Morgan fingerprint density at radius 3 is 2.41 bits per heavy atom. The van der Waals surface area contributed by atoms with Gasteiger partial charge in [-0.25, -0.2) is 4.79 Å². The molecule has 7 heteroatoms. The van der Waals surface area contributed by atoms with Gasteiger partial charge in [0, 0.05) is 5.02 Å². The van der Waals surface area contributed by atoms with Gasteiger partial charge in [0.15, 0.2) is 6.10 Å². The number of amides is 1. The fraction of sp³-hybridized carbons (Fsp3) is 0.467. The van der Waals surface area contributed by atoms with E-state index in [0.29, 0.717) is 17.2 Å². The van der Waals surface area contributed by atoms with Gasteiger partial charge in [-0.15, -0.1) is 0 Å². The number of carbonyl (C=O) groups excluding carboxylic acids is 1. The van der Waals surface area contributed by atoms with E-state index in [1.54, 1.807) is 12.1 Å². The maximum Gasteiger partial charge on any atom is 0.326 e. The second-order valence-corrected chi connectivity index (χ2v) is 6.21. The van der Waals surface area contributed by atoms with Crippen molar-refractivity contribution in [3.05, 3.63) is 28.2 Å². The molecule has 0 aromatic heterocycles. The third kappa shape index (κ3) is 5.73. The van der Waals surface area contributed by atoms with Crippen LogP contribution in [0.2, 0.25) is 10.0 Å². The number of rotatable bonds is 7. The highest BCUT2D eigenvalue weighted by Crippen LogP contribution is 2.28. The van der Waals surface area contributed by atoms with Crippen molar-refractivity contribution < 1.29 is 19.4 Å². The lowest BCUT2D eigenvalue weighted by Crippen LogP contribution is -2.46. The molecular weight excluding hydrogens is 329 g/mol. The highest BCUT2D eigenvalue weighted by molar-refractivity contribution is 6.35. The molecule has 2 atom stereocenters. The molecule has 5 nitrogen and oxygen atoms in total. The fourth-order valence-electron chi connectivity index (χ4n) is 1.80. The summed E-state index contributed by atoms with van der Waals surface area (Å²) in [5.74, 6) is -1.13. The molecule has 0 radical (unpaired) electrons. The van der Waals surface area contributed by atoms with E-state index in [2.05, 4.69) is 5.32 Å². The van der Waals surface area contributed by atoms with Crippen LogP contribution in [0.3, 0.4) is 0 Å². The average molecular weight is 348 g/mol. The van der Waals surface area contributed by atoms with Crippen molar-refractivity contribution in [1.29, 1.82) is 0 Å². The minimum absolute atomic E-state index is 0.142. The molecule has 0 aliphatic rings. The number of ether oxygens (including phenoxy) is 1. The summed E-state index contributed by atoms with van der Waals surface area (Å²) < 4.78 is 5.45. The van der Waals surface area contributed by atoms with Gasteiger partial charge in [-0.05, 0) is 37.5 Å². The van der Waals surface area contributed by atoms with Crippen LogP contribution in [0.4, 0.5) is 0 Å². The average Bonchev–Trinajstić information content (AvgIpc) is 2.40. The number of aliphatic carboxylic acids is 1. The Bertz CT molecular complexity index is 548. The smallest absolute Gasteiger partial charge is 0.326 e. The quantitative estimate of drug-likeness (QED) is 0.792. The molecule has 1 amide bonds. The summed E-state index contributed by atoms with van der Waals surface area (Å²) in [6.07, 6.45) is -0.539. The highest BCUT2D eigenvalue weighted by atomic mass is 35.5. The molecule has 1 aromatic carbocycles. The van der Waals surface area contributed by atoms with Gasteiger partial charge < -0.3 is 15.2 Å². The van der Waals surface area contributed by atoms with Gasteiger partial charge >= 0.3 is 5.97 Å². The zero-order valence-corrected chi connectivity index (χ0v) is 14.1. The molecule has 0 saturated heterocycles. The molecule has 0 saturated carbocycles. The molecule has 22 heavy (non-hydrogen) atoms. The first-order chi connectivity index (χ1) is 10.2.